The van der Waals surface area contributed by atoms with Crippen molar-refractivity contribution in [3.63, 3.8) is 0 Å². The van der Waals surface area contributed by atoms with Crippen LogP contribution >= 0.6 is 0 Å². The number of carbonyl (C=O) groups is 2. The molecule has 0 bridgehead atoms. The van der Waals surface area contributed by atoms with E-state index >= 15 is 0 Å². The zero-order valence-electron chi connectivity index (χ0n) is 12.7. The number of hydrogen-bond acceptors (Lipinski definition) is 3. The fourth-order valence-electron chi connectivity index (χ4n) is 2.08. The molecule has 2 aromatic rings. The van der Waals surface area contributed by atoms with Gasteiger partial charge < -0.3 is 15.4 Å². The fraction of sp³-hybridized carbons (Fsp3) is 0.176. The molecule has 0 aromatic heterocycles. The van der Waals surface area contributed by atoms with Crippen LogP contribution in [0.1, 0.15) is 16.8 Å². The van der Waals surface area contributed by atoms with E-state index in [2.05, 4.69) is 0 Å². The first-order chi connectivity index (χ1) is 11.0. The van der Waals surface area contributed by atoms with Crippen molar-refractivity contribution in [2.24, 2.45) is 5.73 Å². The smallest absolute Gasteiger partial charge is 0.258 e. The maximum Gasteiger partial charge on any atom is 0.258 e. The second-order valence-electron chi connectivity index (χ2n) is 4.88. The SMILES string of the molecule is COc1ccc(C(=O)N(CCC(N)=O)c2ccc(F)cc2)cc1. The van der Waals surface area contributed by atoms with Gasteiger partial charge in [-0.15, -0.1) is 0 Å². The minimum Gasteiger partial charge on any atom is -0.497 e. The maximum atomic E-state index is 13.1. The summed E-state index contributed by atoms with van der Waals surface area (Å²) in [6.07, 6.45) is 0.0132. The van der Waals surface area contributed by atoms with Crippen molar-refractivity contribution in [2.75, 3.05) is 18.6 Å². The summed E-state index contributed by atoms with van der Waals surface area (Å²) in [5.41, 5.74) is 6.09. The van der Waals surface area contributed by atoms with Gasteiger partial charge in [-0.2, -0.15) is 0 Å². The molecule has 6 heteroatoms. The van der Waals surface area contributed by atoms with E-state index in [-0.39, 0.29) is 18.9 Å². The van der Waals surface area contributed by atoms with Gasteiger partial charge in [-0.3, -0.25) is 9.59 Å². The number of nitrogens with two attached hydrogens (primary N) is 1. The van der Waals surface area contributed by atoms with Crippen LogP contribution in [0, 0.1) is 5.82 Å². The second-order valence-corrected chi connectivity index (χ2v) is 4.88. The van der Waals surface area contributed by atoms with Crippen molar-refractivity contribution < 1.29 is 18.7 Å². The van der Waals surface area contributed by atoms with E-state index < -0.39 is 11.7 Å². The van der Waals surface area contributed by atoms with Gasteiger partial charge in [0.2, 0.25) is 5.91 Å². The normalized spacial score (nSPS) is 10.2. The molecule has 0 spiro atoms. The molecule has 0 fully saturated rings. The minimum absolute atomic E-state index is 0.0132. The lowest BCUT2D eigenvalue weighted by Crippen LogP contribution is -2.34. The van der Waals surface area contributed by atoms with Crippen molar-refractivity contribution >= 4 is 17.5 Å². The monoisotopic (exact) mass is 316 g/mol. The van der Waals surface area contributed by atoms with Crippen LogP contribution in [0.2, 0.25) is 0 Å². The van der Waals surface area contributed by atoms with Crippen LogP contribution in [0.25, 0.3) is 0 Å². The van der Waals surface area contributed by atoms with Crippen molar-refractivity contribution in [2.45, 2.75) is 6.42 Å². The molecular formula is C17H17FN2O3. The Bertz CT molecular complexity index is 684. The van der Waals surface area contributed by atoms with E-state index in [1.807, 2.05) is 0 Å². The number of amides is 2. The van der Waals surface area contributed by atoms with Crippen LogP contribution in [0.4, 0.5) is 10.1 Å². The van der Waals surface area contributed by atoms with Crippen molar-refractivity contribution in [3.05, 3.63) is 59.9 Å². The molecule has 0 aliphatic rings. The molecule has 23 heavy (non-hydrogen) atoms. The lowest BCUT2D eigenvalue weighted by Gasteiger charge is -2.22. The molecular weight excluding hydrogens is 299 g/mol. The first-order valence-electron chi connectivity index (χ1n) is 7.01. The van der Waals surface area contributed by atoms with Gasteiger partial charge in [-0.05, 0) is 48.5 Å². The zero-order valence-corrected chi connectivity index (χ0v) is 12.7. The number of anilines is 1. The number of primary amides is 1. The highest BCUT2D eigenvalue weighted by molar-refractivity contribution is 6.06. The minimum atomic E-state index is -0.514. The molecule has 120 valence electrons. The van der Waals surface area contributed by atoms with Gasteiger partial charge in [0, 0.05) is 24.2 Å². The van der Waals surface area contributed by atoms with Crippen LogP contribution in [0.15, 0.2) is 48.5 Å². The average Bonchev–Trinajstić information content (AvgIpc) is 2.56. The molecule has 2 N–H and O–H groups in total. The van der Waals surface area contributed by atoms with E-state index in [0.29, 0.717) is 17.0 Å². The summed E-state index contributed by atoms with van der Waals surface area (Å²) in [5, 5.41) is 0. The molecule has 2 rings (SSSR count). The predicted octanol–water partition coefficient (Wildman–Crippen LogP) is 2.36. The molecule has 0 unspecified atom stereocenters. The van der Waals surface area contributed by atoms with E-state index in [4.69, 9.17) is 10.5 Å². The Morgan fingerprint density at radius 2 is 1.70 bits per heavy atom. The highest BCUT2D eigenvalue weighted by Crippen LogP contribution is 2.20. The number of hydrogen-bond donors (Lipinski definition) is 1. The second kappa shape index (κ2) is 7.40. The molecule has 0 atom stereocenters. The number of rotatable bonds is 6. The van der Waals surface area contributed by atoms with Gasteiger partial charge in [0.15, 0.2) is 0 Å². The van der Waals surface area contributed by atoms with E-state index in [1.54, 1.807) is 24.3 Å². The molecule has 2 amide bonds. The summed E-state index contributed by atoms with van der Waals surface area (Å²) in [6, 6.07) is 12.1. The van der Waals surface area contributed by atoms with Gasteiger partial charge >= 0.3 is 0 Å². The quantitative estimate of drug-likeness (QED) is 0.889. The summed E-state index contributed by atoms with van der Waals surface area (Å²) >= 11 is 0. The summed E-state index contributed by atoms with van der Waals surface area (Å²) in [6.45, 7) is 0.117. The van der Waals surface area contributed by atoms with Crippen LogP contribution < -0.4 is 15.4 Å². The summed E-state index contributed by atoms with van der Waals surface area (Å²) in [7, 11) is 1.54. The predicted molar refractivity (Wildman–Crippen MR) is 84.9 cm³/mol. The van der Waals surface area contributed by atoms with Gasteiger partial charge in [0.1, 0.15) is 11.6 Å². The average molecular weight is 316 g/mol. The van der Waals surface area contributed by atoms with Crippen molar-refractivity contribution in [1.82, 2.24) is 0 Å². The van der Waals surface area contributed by atoms with Crippen LogP contribution in [0.3, 0.4) is 0 Å². The largest absolute Gasteiger partial charge is 0.497 e. The van der Waals surface area contributed by atoms with Gasteiger partial charge in [-0.25, -0.2) is 4.39 Å². The maximum absolute atomic E-state index is 13.1. The van der Waals surface area contributed by atoms with E-state index in [0.717, 1.165) is 0 Å². The molecule has 0 heterocycles. The Morgan fingerprint density at radius 3 is 2.22 bits per heavy atom. The van der Waals surface area contributed by atoms with E-state index in [1.165, 1.54) is 36.3 Å². The highest BCUT2D eigenvalue weighted by Gasteiger charge is 2.18. The van der Waals surface area contributed by atoms with E-state index in [9.17, 15) is 14.0 Å². The lowest BCUT2D eigenvalue weighted by atomic mass is 10.1. The Hall–Kier alpha value is -2.89. The summed E-state index contributed by atoms with van der Waals surface area (Å²) in [4.78, 5) is 25.1. The molecule has 0 aliphatic carbocycles. The number of methoxy groups -OCH3 is 1. The van der Waals surface area contributed by atoms with Crippen LogP contribution in [0.5, 0.6) is 5.75 Å². The molecule has 5 nitrogen and oxygen atoms in total. The molecule has 2 aromatic carbocycles. The third-order valence-corrected chi connectivity index (χ3v) is 3.30. The number of halogens is 1. The Morgan fingerprint density at radius 1 is 1.09 bits per heavy atom. The van der Waals surface area contributed by atoms with Crippen LogP contribution in [-0.4, -0.2) is 25.5 Å². The zero-order chi connectivity index (χ0) is 16.8. The standard InChI is InChI=1S/C17H17FN2O3/c1-23-15-8-2-12(3-9-15)17(22)20(11-10-16(19)21)14-6-4-13(18)5-7-14/h2-9H,10-11H2,1H3,(H2,19,21). The summed E-state index contributed by atoms with van der Waals surface area (Å²) < 4.78 is 18.1. The highest BCUT2D eigenvalue weighted by atomic mass is 19.1. The first kappa shape index (κ1) is 16.5. The molecule has 0 saturated heterocycles. The third-order valence-electron chi connectivity index (χ3n) is 3.30. The van der Waals surface area contributed by atoms with Crippen molar-refractivity contribution in [1.29, 1.82) is 0 Å². The third kappa shape index (κ3) is 4.29. The Balaban J connectivity index is 2.28. The Labute approximate surface area is 133 Å². The molecule has 0 aliphatic heterocycles. The molecule has 0 saturated carbocycles. The lowest BCUT2D eigenvalue weighted by molar-refractivity contribution is -0.117. The fourth-order valence-corrected chi connectivity index (χ4v) is 2.08. The number of carbonyl (C=O) groups excluding carboxylic acids is 2. The van der Waals surface area contributed by atoms with Gasteiger partial charge in [0.05, 0.1) is 7.11 Å². The molecule has 0 radical (unpaired) electrons. The van der Waals surface area contributed by atoms with Gasteiger partial charge in [-0.1, -0.05) is 0 Å². The number of benzene rings is 2. The number of nitrogens with zero attached hydrogens (tertiary/aromatic N) is 1. The Kier molecular flexibility index (Phi) is 5.30. The topological polar surface area (TPSA) is 72.6 Å². The van der Waals surface area contributed by atoms with Gasteiger partial charge in [0.25, 0.3) is 5.91 Å². The summed E-state index contributed by atoms with van der Waals surface area (Å²) in [5.74, 6) is -0.590. The van der Waals surface area contributed by atoms with Crippen molar-refractivity contribution in [3.8, 4) is 5.75 Å². The van der Waals surface area contributed by atoms with Crippen LogP contribution in [-0.2, 0) is 4.79 Å². The number of ether oxygens (including phenoxy) is 1. The first-order valence-corrected chi connectivity index (χ1v) is 7.01.